The highest BCUT2D eigenvalue weighted by molar-refractivity contribution is 5.77. The van der Waals surface area contributed by atoms with Crippen LogP contribution in [0.2, 0.25) is 0 Å². The molecule has 0 aromatic heterocycles. The number of carboxylic acids is 1. The third-order valence-electron chi connectivity index (χ3n) is 3.06. The summed E-state index contributed by atoms with van der Waals surface area (Å²) in [5.74, 6) is -0.0242. The molecule has 0 spiro atoms. The average molecular weight is 270 g/mol. The van der Waals surface area contributed by atoms with Crippen LogP contribution in [0, 0.1) is 6.92 Å². The quantitative estimate of drug-likeness (QED) is 0.901. The largest absolute Gasteiger partial charge is 0.494 e. The standard InChI is InChI=1S/C17H18O3/c1-3-20-15-6-4-5-13(10-15)16-9-12(2)7-8-14(16)11-17(18)19/h4-10H,3,11H2,1-2H3,(H,18,19). The maximum Gasteiger partial charge on any atom is 0.307 e. The van der Waals surface area contributed by atoms with Crippen LogP contribution in [0.4, 0.5) is 0 Å². The summed E-state index contributed by atoms with van der Waals surface area (Å²) >= 11 is 0. The van der Waals surface area contributed by atoms with Crippen LogP contribution in [-0.2, 0) is 11.2 Å². The molecule has 1 N–H and O–H groups in total. The third-order valence-corrected chi connectivity index (χ3v) is 3.06. The highest BCUT2D eigenvalue weighted by Crippen LogP contribution is 2.28. The first-order valence-electron chi connectivity index (χ1n) is 6.64. The zero-order chi connectivity index (χ0) is 14.5. The van der Waals surface area contributed by atoms with Crippen molar-refractivity contribution in [3.8, 4) is 16.9 Å². The molecular weight excluding hydrogens is 252 g/mol. The topological polar surface area (TPSA) is 46.5 Å². The number of ether oxygens (including phenoxy) is 1. The van der Waals surface area contributed by atoms with Gasteiger partial charge in [-0.05, 0) is 42.7 Å². The van der Waals surface area contributed by atoms with Crippen molar-refractivity contribution in [2.45, 2.75) is 20.3 Å². The summed E-state index contributed by atoms with van der Waals surface area (Å²) in [7, 11) is 0. The Hall–Kier alpha value is -2.29. The van der Waals surface area contributed by atoms with Crippen molar-refractivity contribution < 1.29 is 14.6 Å². The van der Waals surface area contributed by atoms with Crippen LogP contribution < -0.4 is 4.74 Å². The molecule has 0 unspecified atom stereocenters. The first-order valence-corrected chi connectivity index (χ1v) is 6.64. The summed E-state index contributed by atoms with van der Waals surface area (Å²) in [5.41, 5.74) is 3.86. The normalized spacial score (nSPS) is 10.3. The minimum absolute atomic E-state index is 0.0223. The van der Waals surface area contributed by atoms with E-state index < -0.39 is 5.97 Å². The Labute approximate surface area is 118 Å². The van der Waals surface area contributed by atoms with Crippen LogP contribution in [0.1, 0.15) is 18.1 Å². The molecular formula is C17H18O3. The van der Waals surface area contributed by atoms with E-state index in [0.717, 1.165) is 28.0 Å². The van der Waals surface area contributed by atoms with Gasteiger partial charge in [0.15, 0.2) is 0 Å². The van der Waals surface area contributed by atoms with E-state index >= 15 is 0 Å². The molecule has 0 aliphatic rings. The SMILES string of the molecule is CCOc1cccc(-c2cc(C)ccc2CC(=O)O)c1. The molecule has 0 atom stereocenters. The second-order valence-electron chi connectivity index (χ2n) is 4.69. The van der Waals surface area contributed by atoms with Gasteiger partial charge in [-0.15, -0.1) is 0 Å². The predicted molar refractivity (Wildman–Crippen MR) is 79.1 cm³/mol. The van der Waals surface area contributed by atoms with Gasteiger partial charge in [0, 0.05) is 0 Å². The number of benzene rings is 2. The number of rotatable bonds is 5. The van der Waals surface area contributed by atoms with E-state index in [1.165, 1.54) is 0 Å². The van der Waals surface area contributed by atoms with Crippen LogP contribution in [-0.4, -0.2) is 17.7 Å². The van der Waals surface area contributed by atoms with Crippen molar-refractivity contribution in [3.63, 3.8) is 0 Å². The van der Waals surface area contributed by atoms with Crippen molar-refractivity contribution in [1.29, 1.82) is 0 Å². The van der Waals surface area contributed by atoms with E-state index in [4.69, 9.17) is 9.84 Å². The van der Waals surface area contributed by atoms with Crippen molar-refractivity contribution in [3.05, 3.63) is 53.6 Å². The van der Waals surface area contributed by atoms with Gasteiger partial charge in [0.2, 0.25) is 0 Å². The number of hydrogen-bond acceptors (Lipinski definition) is 2. The second kappa shape index (κ2) is 6.24. The minimum atomic E-state index is -0.823. The fraction of sp³-hybridized carbons (Fsp3) is 0.235. The molecule has 0 fully saturated rings. The summed E-state index contributed by atoms with van der Waals surface area (Å²) in [4.78, 5) is 11.0. The molecule has 20 heavy (non-hydrogen) atoms. The van der Waals surface area contributed by atoms with Crippen LogP contribution in [0.25, 0.3) is 11.1 Å². The van der Waals surface area contributed by atoms with Crippen LogP contribution in [0.3, 0.4) is 0 Å². The highest BCUT2D eigenvalue weighted by atomic mass is 16.5. The van der Waals surface area contributed by atoms with Crippen LogP contribution in [0.5, 0.6) is 5.75 Å². The van der Waals surface area contributed by atoms with Crippen molar-refractivity contribution in [2.75, 3.05) is 6.61 Å². The molecule has 2 aromatic carbocycles. The van der Waals surface area contributed by atoms with Gasteiger partial charge in [-0.1, -0.05) is 35.9 Å². The van der Waals surface area contributed by atoms with E-state index in [-0.39, 0.29) is 6.42 Å². The van der Waals surface area contributed by atoms with E-state index in [9.17, 15) is 4.79 Å². The Balaban J connectivity index is 2.47. The second-order valence-corrected chi connectivity index (χ2v) is 4.69. The zero-order valence-electron chi connectivity index (χ0n) is 11.7. The number of carbonyl (C=O) groups is 1. The van der Waals surface area contributed by atoms with Gasteiger partial charge in [0.05, 0.1) is 13.0 Å². The summed E-state index contributed by atoms with van der Waals surface area (Å²) < 4.78 is 5.50. The Kier molecular flexibility index (Phi) is 4.41. The lowest BCUT2D eigenvalue weighted by Crippen LogP contribution is -2.02. The van der Waals surface area contributed by atoms with Gasteiger partial charge in [-0.3, -0.25) is 4.79 Å². The Bertz CT molecular complexity index is 617. The number of hydrogen-bond donors (Lipinski definition) is 1. The molecule has 3 heteroatoms. The minimum Gasteiger partial charge on any atom is -0.494 e. The predicted octanol–water partition coefficient (Wildman–Crippen LogP) is 3.69. The van der Waals surface area contributed by atoms with Gasteiger partial charge >= 0.3 is 5.97 Å². The van der Waals surface area contributed by atoms with Gasteiger partial charge < -0.3 is 9.84 Å². The molecule has 0 radical (unpaired) electrons. The first kappa shape index (κ1) is 14.1. The lowest BCUT2D eigenvalue weighted by atomic mass is 9.95. The molecule has 0 amide bonds. The van der Waals surface area contributed by atoms with E-state index in [2.05, 4.69) is 0 Å². The molecule has 0 saturated heterocycles. The number of aryl methyl sites for hydroxylation is 1. The maximum absolute atomic E-state index is 11.0. The van der Waals surface area contributed by atoms with Crippen LogP contribution >= 0.6 is 0 Å². The van der Waals surface area contributed by atoms with Crippen molar-refractivity contribution in [2.24, 2.45) is 0 Å². The zero-order valence-corrected chi connectivity index (χ0v) is 11.7. The summed E-state index contributed by atoms with van der Waals surface area (Å²) in [5, 5.41) is 9.02. The summed E-state index contributed by atoms with van der Waals surface area (Å²) in [6.45, 7) is 4.55. The van der Waals surface area contributed by atoms with Gasteiger partial charge in [0.25, 0.3) is 0 Å². The lowest BCUT2D eigenvalue weighted by Gasteiger charge is -2.11. The Morgan fingerprint density at radius 1 is 1.20 bits per heavy atom. The molecule has 0 aliphatic carbocycles. The lowest BCUT2D eigenvalue weighted by molar-refractivity contribution is -0.136. The number of carboxylic acid groups (broad SMARTS) is 1. The monoisotopic (exact) mass is 270 g/mol. The van der Waals surface area contributed by atoms with Gasteiger partial charge in [0.1, 0.15) is 5.75 Å². The van der Waals surface area contributed by atoms with Crippen LogP contribution in [0.15, 0.2) is 42.5 Å². The molecule has 0 saturated carbocycles. The third kappa shape index (κ3) is 3.38. The molecule has 2 rings (SSSR count). The highest BCUT2D eigenvalue weighted by Gasteiger charge is 2.09. The molecule has 3 nitrogen and oxygen atoms in total. The Morgan fingerprint density at radius 3 is 2.70 bits per heavy atom. The smallest absolute Gasteiger partial charge is 0.307 e. The summed E-state index contributed by atoms with van der Waals surface area (Å²) in [6, 6.07) is 13.6. The fourth-order valence-electron chi connectivity index (χ4n) is 2.20. The fourth-order valence-corrected chi connectivity index (χ4v) is 2.20. The van der Waals surface area contributed by atoms with Crippen molar-refractivity contribution >= 4 is 5.97 Å². The molecule has 0 heterocycles. The van der Waals surface area contributed by atoms with E-state index in [1.807, 2.05) is 56.3 Å². The molecule has 0 aliphatic heterocycles. The molecule has 104 valence electrons. The molecule has 2 aromatic rings. The van der Waals surface area contributed by atoms with Gasteiger partial charge in [-0.2, -0.15) is 0 Å². The number of aliphatic carboxylic acids is 1. The first-order chi connectivity index (χ1) is 9.60. The maximum atomic E-state index is 11.0. The Morgan fingerprint density at radius 2 is 2.00 bits per heavy atom. The van der Waals surface area contributed by atoms with E-state index in [1.54, 1.807) is 0 Å². The molecule has 0 bridgehead atoms. The van der Waals surface area contributed by atoms with E-state index in [0.29, 0.717) is 6.61 Å². The van der Waals surface area contributed by atoms with Crippen molar-refractivity contribution in [1.82, 2.24) is 0 Å². The van der Waals surface area contributed by atoms with Gasteiger partial charge in [-0.25, -0.2) is 0 Å². The summed E-state index contributed by atoms with van der Waals surface area (Å²) in [6.07, 6.45) is 0.0223. The average Bonchev–Trinajstić information content (AvgIpc) is 2.41.